The van der Waals surface area contributed by atoms with Crippen LogP contribution >= 0.6 is 0 Å². The van der Waals surface area contributed by atoms with E-state index in [0.29, 0.717) is 32.3 Å². The number of fused-ring (bicyclic) bond motifs is 1. The summed E-state index contributed by atoms with van der Waals surface area (Å²) in [4.78, 5) is 26.0. The summed E-state index contributed by atoms with van der Waals surface area (Å²) in [5.74, 6) is 0.924. The molecule has 0 radical (unpaired) electrons. The number of nitrogens with one attached hydrogen (secondary N) is 3. The molecule has 2 aromatic heterocycles. The lowest BCUT2D eigenvalue weighted by molar-refractivity contribution is -0.119. The van der Waals surface area contributed by atoms with Crippen LogP contribution in [0.4, 0.5) is 23.1 Å². The molecule has 10 nitrogen and oxygen atoms in total. The summed E-state index contributed by atoms with van der Waals surface area (Å²) in [6, 6.07) is 9.54. The minimum Gasteiger partial charge on any atom is -0.378 e. The van der Waals surface area contributed by atoms with Crippen molar-refractivity contribution in [2.24, 2.45) is 11.5 Å². The zero-order valence-corrected chi connectivity index (χ0v) is 17.3. The van der Waals surface area contributed by atoms with E-state index in [1.54, 1.807) is 0 Å². The average Bonchev–Trinajstić information content (AvgIpc) is 3.44. The normalized spacial score (nSPS) is 16.0. The summed E-state index contributed by atoms with van der Waals surface area (Å²) < 4.78 is 5.41. The van der Waals surface area contributed by atoms with Crippen LogP contribution in [0.1, 0.15) is 12.8 Å². The molecule has 1 atom stereocenters. The van der Waals surface area contributed by atoms with E-state index in [4.69, 9.17) is 16.2 Å². The van der Waals surface area contributed by atoms with Crippen LogP contribution in [0, 0.1) is 0 Å². The van der Waals surface area contributed by atoms with Crippen LogP contribution in [0.5, 0.6) is 0 Å². The number of amides is 1. The van der Waals surface area contributed by atoms with Crippen molar-refractivity contribution >= 4 is 40.1 Å². The lowest BCUT2D eigenvalue weighted by atomic mass is 10.2. The first-order valence-electron chi connectivity index (χ1n) is 10.5. The van der Waals surface area contributed by atoms with Crippen molar-refractivity contribution in [1.82, 2.24) is 15.0 Å². The highest BCUT2D eigenvalue weighted by Gasteiger charge is 2.28. The molecule has 164 valence electrons. The van der Waals surface area contributed by atoms with Crippen molar-refractivity contribution in [2.75, 3.05) is 48.4 Å². The fourth-order valence-electron chi connectivity index (χ4n) is 3.80. The average molecular weight is 425 g/mol. The van der Waals surface area contributed by atoms with E-state index in [-0.39, 0.29) is 11.9 Å². The molecule has 0 bridgehead atoms. The molecule has 3 heterocycles. The van der Waals surface area contributed by atoms with Crippen molar-refractivity contribution in [2.45, 2.75) is 18.9 Å². The van der Waals surface area contributed by atoms with Gasteiger partial charge in [0.1, 0.15) is 17.5 Å². The molecule has 0 saturated carbocycles. The quantitative estimate of drug-likeness (QED) is 0.308. The van der Waals surface area contributed by atoms with Crippen LogP contribution in [-0.4, -0.2) is 59.7 Å². The number of aromatic amines is 1. The maximum Gasteiger partial charge on any atom is 0.240 e. The Hall–Kier alpha value is -3.37. The molecule has 4 rings (SSSR count). The zero-order chi connectivity index (χ0) is 21.6. The van der Waals surface area contributed by atoms with Gasteiger partial charge in [-0.05, 0) is 43.2 Å². The molecular formula is C21H28N8O2. The van der Waals surface area contributed by atoms with E-state index in [1.807, 2.05) is 36.5 Å². The van der Waals surface area contributed by atoms with Gasteiger partial charge >= 0.3 is 0 Å². The summed E-state index contributed by atoms with van der Waals surface area (Å²) in [6.45, 7) is 3.02. The minimum absolute atomic E-state index is 0.236. The highest BCUT2D eigenvalue weighted by atomic mass is 16.5. The molecule has 1 aliphatic rings. The number of nitrogens with two attached hydrogens (primary N) is 2. The van der Waals surface area contributed by atoms with Crippen LogP contribution in [0.25, 0.3) is 11.0 Å². The van der Waals surface area contributed by atoms with Crippen molar-refractivity contribution in [3.8, 4) is 0 Å². The molecule has 3 aromatic rings. The number of hydrogen-bond acceptors (Lipinski definition) is 8. The van der Waals surface area contributed by atoms with E-state index < -0.39 is 0 Å². The third-order valence-corrected chi connectivity index (χ3v) is 5.25. The van der Waals surface area contributed by atoms with E-state index in [0.717, 1.165) is 47.6 Å². The number of carbonyl (C=O) groups is 1. The third kappa shape index (κ3) is 4.86. The van der Waals surface area contributed by atoms with E-state index in [1.165, 1.54) is 0 Å². The van der Waals surface area contributed by atoms with Gasteiger partial charge in [-0.3, -0.25) is 4.79 Å². The fourth-order valence-corrected chi connectivity index (χ4v) is 3.80. The Labute approximate surface area is 180 Å². The second kappa shape index (κ2) is 9.63. The predicted octanol–water partition coefficient (Wildman–Crippen LogP) is 1.54. The van der Waals surface area contributed by atoms with Gasteiger partial charge in [0.05, 0.1) is 18.6 Å². The van der Waals surface area contributed by atoms with Gasteiger partial charge in [0.2, 0.25) is 11.9 Å². The Balaban J connectivity index is 1.46. The van der Waals surface area contributed by atoms with Gasteiger partial charge in [-0.25, -0.2) is 0 Å². The number of rotatable bonds is 10. The van der Waals surface area contributed by atoms with Gasteiger partial charge in [-0.2, -0.15) is 9.97 Å². The van der Waals surface area contributed by atoms with Crippen molar-refractivity contribution in [1.29, 1.82) is 0 Å². The van der Waals surface area contributed by atoms with Crippen LogP contribution in [0.15, 0.2) is 36.5 Å². The number of carbonyl (C=O) groups excluding carboxylic acids is 1. The molecule has 1 amide bonds. The molecule has 1 aromatic carbocycles. The van der Waals surface area contributed by atoms with Crippen LogP contribution < -0.4 is 27.0 Å². The number of hydrogen-bond donors (Lipinski definition) is 5. The Morgan fingerprint density at radius 3 is 2.84 bits per heavy atom. The smallest absolute Gasteiger partial charge is 0.240 e. The topological polar surface area (TPSA) is 147 Å². The van der Waals surface area contributed by atoms with Gasteiger partial charge in [-0.1, -0.05) is 0 Å². The summed E-state index contributed by atoms with van der Waals surface area (Å²) in [6.07, 6.45) is 3.59. The molecule has 0 aliphatic carbocycles. The number of H-pyrrole nitrogens is 1. The number of primary amides is 1. The second-order valence-electron chi connectivity index (χ2n) is 7.39. The number of aromatic nitrogens is 3. The predicted molar refractivity (Wildman–Crippen MR) is 122 cm³/mol. The Morgan fingerprint density at radius 1 is 1.23 bits per heavy atom. The first kappa shape index (κ1) is 20.9. The Morgan fingerprint density at radius 2 is 2.06 bits per heavy atom. The molecule has 1 fully saturated rings. The van der Waals surface area contributed by atoms with Crippen molar-refractivity contribution < 1.29 is 9.53 Å². The molecule has 7 N–H and O–H groups in total. The highest BCUT2D eigenvalue weighted by Crippen LogP contribution is 2.28. The number of benzene rings is 1. The molecule has 0 spiro atoms. The Bertz CT molecular complexity index is 1020. The van der Waals surface area contributed by atoms with Gasteiger partial charge in [0.15, 0.2) is 0 Å². The molecule has 31 heavy (non-hydrogen) atoms. The van der Waals surface area contributed by atoms with Crippen LogP contribution in [0.3, 0.4) is 0 Å². The minimum atomic E-state index is -0.277. The summed E-state index contributed by atoms with van der Waals surface area (Å²) in [5.41, 5.74) is 13.5. The largest absolute Gasteiger partial charge is 0.378 e. The number of ether oxygens (including phenoxy) is 1. The number of anilines is 4. The lowest BCUT2D eigenvalue weighted by Crippen LogP contribution is -2.40. The summed E-state index contributed by atoms with van der Waals surface area (Å²) in [7, 11) is 0. The summed E-state index contributed by atoms with van der Waals surface area (Å²) >= 11 is 0. The maximum atomic E-state index is 11.7. The SMILES string of the molecule is NCCOCCNc1nc(Nc2ccc(N3CCC[C@H]3C(N)=O)cc2)nc2[nH]ccc12. The standard InChI is InChI=1S/C21H28N8O2/c22-8-12-31-13-10-25-20-16-7-9-24-19(16)27-21(28-20)26-14-3-5-15(6-4-14)29-11-1-2-17(29)18(23)30/h3-7,9,17H,1-2,8,10-13,22H2,(H2,23,30)(H3,24,25,26,27,28)/t17-/m0/s1. The summed E-state index contributed by atoms with van der Waals surface area (Å²) in [5, 5.41) is 7.45. The monoisotopic (exact) mass is 424 g/mol. The molecule has 1 aliphatic heterocycles. The van der Waals surface area contributed by atoms with Crippen molar-refractivity contribution in [3.63, 3.8) is 0 Å². The highest BCUT2D eigenvalue weighted by molar-refractivity contribution is 5.88. The van der Waals surface area contributed by atoms with E-state index in [2.05, 4.69) is 30.5 Å². The number of nitrogens with zero attached hydrogens (tertiary/aromatic N) is 3. The van der Waals surface area contributed by atoms with Gasteiger partial charge in [-0.15, -0.1) is 0 Å². The molecule has 0 unspecified atom stereocenters. The first-order valence-corrected chi connectivity index (χ1v) is 10.5. The van der Waals surface area contributed by atoms with Gasteiger partial charge < -0.3 is 36.7 Å². The van der Waals surface area contributed by atoms with Gasteiger partial charge in [0.25, 0.3) is 0 Å². The third-order valence-electron chi connectivity index (χ3n) is 5.25. The lowest BCUT2D eigenvalue weighted by Gasteiger charge is -2.24. The Kier molecular flexibility index (Phi) is 6.48. The molecule has 10 heteroatoms. The van der Waals surface area contributed by atoms with Gasteiger partial charge in [0, 0.05) is 37.2 Å². The van der Waals surface area contributed by atoms with Crippen LogP contribution in [0.2, 0.25) is 0 Å². The first-order chi connectivity index (χ1) is 15.2. The fraction of sp³-hybridized carbons (Fsp3) is 0.381. The van der Waals surface area contributed by atoms with E-state index >= 15 is 0 Å². The molecule has 1 saturated heterocycles. The van der Waals surface area contributed by atoms with E-state index in [9.17, 15) is 4.79 Å². The maximum absolute atomic E-state index is 11.7. The zero-order valence-electron chi connectivity index (χ0n) is 17.3. The molecular weight excluding hydrogens is 396 g/mol. The van der Waals surface area contributed by atoms with Crippen LogP contribution in [-0.2, 0) is 9.53 Å². The van der Waals surface area contributed by atoms with Crippen molar-refractivity contribution in [3.05, 3.63) is 36.5 Å². The second-order valence-corrected chi connectivity index (χ2v) is 7.39.